The highest BCUT2D eigenvalue weighted by Crippen LogP contribution is 2.13. The van der Waals surface area contributed by atoms with E-state index in [4.69, 9.17) is 14.2 Å². The van der Waals surface area contributed by atoms with Gasteiger partial charge in [0, 0.05) is 13.2 Å². The van der Waals surface area contributed by atoms with E-state index < -0.39 is 0 Å². The molecule has 0 fully saturated rings. The zero-order valence-corrected chi connectivity index (χ0v) is 11.0. The van der Waals surface area contributed by atoms with Crippen LogP contribution in [0, 0.1) is 6.92 Å². The number of nitrogens with zero attached hydrogens (tertiary/aromatic N) is 2. The molecule has 0 bridgehead atoms. The minimum atomic E-state index is 0.465. The van der Waals surface area contributed by atoms with E-state index in [0.29, 0.717) is 38.1 Å². The van der Waals surface area contributed by atoms with Crippen LogP contribution in [0.5, 0.6) is 5.88 Å². The summed E-state index contributed by atoms with van der Waals surface area (Å²) in [5, 5.41) is 0. The molecule has 1 aromatic heterocycles. The summed E-state index contributed by atoms with van der Waals surface area (Å²) in [5.74, 6) is 1.22. The van der Waals surface area contributed by atoms with Crippen LogP contribution in [0.3, 0.4) is 0 Å². The molecule has 1 rings (SSSR count). The van der Waals surface area contributed by atoms with Crippen LogP contribution in [0.4, 0.5) is 0 Å². The third-order valence-corrected chi connectivity index (χ3v) is 2.10. The van der Waals surface area contributed by atoms with Crippen molar-refractivity contribution in [3.8, 4) is 5.88 Å². The van der Waals surface area contributed by atoms with E-state index in [2.05, 4.69) is 25.9 Å². The maximum Gasteiger partial charge on any atom is 0.217 e. The van der Waals surface area contributed by atoms with E-state index in [9.17, 15) is 0 Å². The van der Waals surface area contributed by atoms with E-state index in [1.165, 1.54) is 0 Å². The van der Waals surface area contributed by atoms with Crippen molar-refractivity contribution in [2.75, 3.05) is 33.5 Å². The number of rotatable bonds is 7. The number of aromatic nitrogens is 2. The summed E-state index contributed by atoms with van der Waals surface area (Å²) in [4.78, 5) is 8.21. The zero-order valence-electron chi connectivity index (χ0n) is 9.40. The lowest BCUT2D eigenvalue weighted by Gasteiger charge is -2.06. The molecule has 0 radical (unpaired) electrons. The standard InChI is InChI=1S/C10H15BrN2O3/c1-8-12-9(11)7-10(13-8)16-6-5-15-4-3-14-2/h7H,3-6H2,1-2H3. The Hall–Kier alpha value is -0.720. The number of hydrogen-bond acceptors (Lipinski definition) is 5. The molecule has 0 N–H and O–H groups in total. The number of halogens is 1. The van der Waals surface area contributed by atoms with Crippen LogP contribution in [0.2, 0.25) is 0 Å². The number of ether oxygens (including phenoxy) is 3. The van der Waals surface area contributed by atoms with Crippen molar-refractivity contribution in [3.05, 3.63) is 16.5 Å². The van der Waals surface area contributed by atoms with Gasteiger partial charge in [0.05, 0.1) is 19.8 Å². The average Bonchev–Trinajstić information content (AvgIpc) is 2.22. The third kappa shape index (κ3) is 5.39. The second kappa shape index (κ2) is 7.54. The molecule has 90 valence electrons. The van der Waals surface area contributed by atoms with Gasteiger partial charge in [-0.15, -0.1) is 0 Å². The van der Waals surface area contributed by atoms with Crippen LogP contribution >= 0.6 is 15.9 Å². The molecule has 1 heterocycles. The molecule has 5 nitrogen and oxygen atoms in total. The highest BCUT2D eigenvalue weighted by Gasteiger charge is 2.00. The van der Waals surface area contributed by atoms with Gasteiger partial charge in [-0.25, -0.2) is 4.98 Å². The summed E-state index contributed by atoms with van der Waals surface area (Å²) in [6, 6.07) is 1.72. The quantitative estimate of drug-likeness (QED) is 0.564. The van der Waals surface area contributed by atoms with Gasteiger partial charge in [0.2, 0.25) is 5.88 Å². The molecular weight excluding hydrogens is 276 g/mol. The van der Waals surface area contributed by atoms with Crippen LogP contribution in [0.1, 0.15) is 5.82 Å². The van der Waals surface area contributed by atoms with Gasteiger partial charge in [0.1, 0.15) is 17.0 Å². The normalized spacial score (nSPS) is 10.4. The van der Waals surface area contributed by atoms with Gasteiger partial charge < -0.3 is 14.2 Å². The molecule has 0 aliphatic rings. The Labute approximate surface area is 103 Å². The van der Waals surface area contributed by atoms with E-state index in [-0.39, 0.29) is 0 Å². The fourth-order valence-electron chi connectivity index (χ4n) is 1.03. The Morgan fingerprint density at radius 2 is 1.94 bits per heavy atom. The molecule has 0 spiro atoms. The summed E-state index contributed by atoms with van der Waals surface area (Å²) >= 11 is 3.28. The van der Waals surface area contributed by atoms with Crippen molar-refractivity contribution in [2.45, 2.75) is 6.92 Å². The smallest absolute Gasteiger partial charge is 0.217 e. The lowest BCUT2D eigenvalue weighted by molar-refractivity contribution is 0.0536. The molecule has 0 amide bonds. The molecule has 0 aromatic carbocycles. The summed E-state index contributed by atoms with van der Waals surface area (Å²) in [6.07, 6.45) is 0. The average molecular weight is 291 g/mol. The molecule has 0 atom stereocenters. The monoisotopic (exact) mass is 290 g/mol. The molecule has 0 unspecified atom stereocenters. The maximum absolute atomic E-state index is 5.40. The summed E-state index contributed by atoms with van der Waals surface area (Å²) in [5.41, 5.74) is 0. The van der Waals surface area contributed by atoms with Crippen LogP contribution in [-0.2, 0) is 9.47 Å². The lowest BCUT2D eigenvalue weighted by Crippen LogP contribution is -2.10. The zero-order chi connectivity index (χ0) is 11.8. The van der Waals surface area contributed by atoms with Gasteiger partial charge in [-0.05, 0) is 22.9 Å². The van der Waals surface area contributed by atoms with Gasteiger partial charge in [0.25, 0.3) is 0 Å². The maximum atomic E-state index is 5.40. The number of methoxy groups -OCH3 is 1. The fraction of sp³-hybridized carbons (Fsp3) is 0.600. The van der Waals surface area contributed by atoms with Crippen molar-refractivity contribution in [2.24, 2.45) is 0 Å². The second-order valence-corrected chi connectivity index (χ2v) is 3.84. The Bertz CT molecular complexity index is 303. The van der Waals surface area contributed by atoms with Gasteiger partial charge in [0.15, 0.2) is 0 Å². The van der Waals surface area contributed by atoms with Crippen LogP contribution in [0.25, 0.3) is 0 Å². The molecular formula is C10H15BrN2O3. The van der Waals surface area contributed by atoms with Gasteiger partial charge in [-0.2, -0.15) is 4.98 Å². The largest absolute Gasteiger partial charge is 0.475 e. The Balaban J connectivity index is 2.21. The summed E-state index contributed by atoms with van der Waals surface area (Å²) in [7, 11) is 1.64. The molecule has 1 aromatic rings. The van der Waals surface area contributed by atoms with E-state index in [0.717, 1.165) is 4.60 Å². The molecule has 16 heavy (non-hydrogen) atoms. The van der Waals surface area contributed by atoms with Crippen molar-refractivity contribution < 1.29 is 14.2 Å². The van der Waals surface area contributed by atoms with E-state index in [1.54, 1.807) is 13.2 Å². The number of hydrogen-bond donors (Lipinski definition) is 0. The van der Waals surface area contributed by atoms with Crippen LogP contribution < -0.4 is 4.74 Å². The molecule has 0 aliphatic carbocycles. The van der Waals surface area contributed by atoms with Crippen molar-refractivity contribution in [1.82, 2.24) is 9.97 Å². The number of aryl methyl sites for hydroxylation is 1. The first-order valence-electron chi connectivity index (χ1n) is 4.93. The predicted molar refractivity (Wildman–Crippen MR) is 62.7 cm³/mol. The topological polar surface area (TPSA) is 53.5 Å². The van der Waals surface area contributed by atoms with Gasteiger partial charge in [-0.1, -0.05) is 0 Å². The second-order valence-electron chi connectivity index (χ2n) is 3.03. The first kappa shape index (κ1) is 13.3. The predicted octanol–water partition coefficient (Wildman–Crippen LogP) is 1.59. The van der Waals surface area contributed by atoms with E-state index >= 15 is 0 Å². The lowest BCUT2D eigenvalue weighted by atomic mass is 10.6. The minimum Gasteiger partial charge on any atom is -0.475 e. The Kier molecular flexibility index (Phi) is 6.29. The highest BCUT2D eigenvalue weighted by atomic mass is 79.9. The van der Waals surface area contributed by atoms with Gasteiger partial charge in [-0.3, -0.25) is 0 Å². The van der Waals surface area contributed by atoms with Crippen molar-refractivity contribution >= 4 is 15.9 Å². The van der Waals surface area contributed by atoms with Crippen LogP contribution in [-0.4, -0.2) is 43.5 Å². The SMILES string of the molecule is COCCOCCOc1cc(Br)nc(C)n1. The fourth-order valence-corrected chi connectivity index (χ4v) is 1.48. The van der Waals surface area contributed by atoms with Crippen molar-refractivity contribution in [3.63, 3.8) is 0 Å². The molecule has 0 aliphatic heterocycles. The molecule has 6 heteroatoms. The Morgan fingerprint density at radius 1 is 1.19 bits per heavy atom. The van der Waals surface area contributed by atoms with E-state index in [1.807, 2.05) is 6.92 Å². The third-order valence-electron chi connectivity index (χ3n) is 1.69. The summed E-state index contributed by atoms with van der Waals surface area (Å²) in [6.45, 7) is 3.97. The van der Waals surface area contributed by atoms with Crippen LogP contribution in [0.15, 0.2) is 10.7 Å². The minimum absolute atomic E-state index is 0.465. The first-order chi connectivity index (χ1) is 7.72. The highest BCUT2D eigenvalue weighted by molar-refractivity contribution is 9.10. The molecule has 0 saturated carbocycles. The van der Waals surface area contributed by atoms with Gasteiger partial charge >= 0.3 is 0 Å². The van der Waals surface area contributed by atoms with Crippen molar-refractivity contribution in [1.29, 1.82) is 0 Å². The summed E-state index contributed by atoms with van der Waals surface area (Å²) < 4.78 is 16.2. The Morgan fingerprint density at radius 3 is 2.62 bits per heavy atom. The first-order valence-corrected chi connectivity index (χ1v) is 5.72. The molecule has 0 saturated heterocycles.